The molecule has 0 aliphatic heterocycles. The topological polar surface area (TPSA) is 42.0 Å². The molecule has 0 saturated carbocycles. The Labute approximate surface area is 119 Å². The normalized spacial score (nSPS) is 11.2. The Kier molecular flexibility index (Phi) is 4.57. The third kappa shape index (κ3) is 4.05. The Balaban J connectivity index is 1.97. The second-order valence-electron chi connectivity index (χ2n) is 4.38. The first-order valence-corrected chi connectivity index (χ1v) is 6.33. The molecule has 0 fully saturated rings. The van der Waals surface area contributed by atoms with E-state index in [1.807, 2.05) is 0 Å². The van der Waals surface area contributed by atoms with Crippen molar-refractivity contribution in [3.05, 3.63) is 65.5 Å². The molecule has 1 aromatic carbocycles. The minimum Gasteiger partial charge on any atom is -0.350 e. The zero-order chi connectivity index (χ0) is 15.3. The van der Waals surface area contributed by atoms with Crippen molar-refractivity contribution < 1.29 is 18.0 Å². The number of nitrogens with zero attached hydrogens (tertiary/aromatic N) is 1. The van der Waals surface area contributed by atoms with Gasteiger partial charge < -0.3 is 5.32 Å². The number of pyridine rings is 1. The lowest BCUT2D eigenvalue weighted by Gasteiger charge is -2.12. The molecule has 1 aromatic heterocycles. The minimum absolute atomic E-state index is 0.105. The summed E-state index contributed by atoms with van der Waals surface area (Å²) in [5, 5.41) is 2.56. The van der Waals surface area contributed by atoms with Gasteiger partial charge in [-0.05, 0) is 30.2 Å². The van der Waals surface area contributed by atoms with Gasteiger partial charge >= 0.3 is 6.18 Å². The molecule has 3 nitrogen and oxygen atoms in total. The molecule has 0 saturated heterocycles. The highest BCUT2D eigenvalue weighted by Crippen LogP contribution is 2.31. The molecular weight excluding hydrogens is 281 g/mol. The fourth-order valence-electron chi connectivity index (χ4n) is 1.91. The van der Waals surface area contributed by atoms with Crippen molar-refractivity contribution in [2.75, 3.05) is 6.54 Å². The summed E-state index contributed by atoms with van der Waals surface area (Å²) < 4.78 is 38.4. The standard InChI is InChI=1S/C15H13F3N2O/c16-15(17,18)12-6-2-1-5-11(12)8-10-20-14(21)13-7-3-4-9-19-13/h1-7,9H,8,10H2,(H,20,21). The molecule has 110 valence electrons. The van der Waals surface area contributed by atoms with E-state index in [0.717, 1.165) is 6.07 Å². The number of hydrogen-bond donors (Lipinski definition) is 1. The van der Waals surface area contributed by atoms with Gasteiger partial charge in [0.2, 0.25) is 0 Å². The van der Waals surface area contributed by atoms with Gasteiger partial charge in [-0.1, -0.05) is 24.3 Å². The number of carbonyl (C=O) groups excluding carboxylic acids is 1. The van der Waals surface area contributed by atoms with Gasteiger partial charge in [-0.15, -0.1) is 0 Å². The molecule has 0 unspecified atom stereocenters. The number of halogens is 3. The predicted molar refractivity (Wildman–Crippen MR) is 71.7 cm³/mol. The van der Waals surface area contributed by atoms with Crippen LogP contribution in [0.15, 0.2) is 48.7 Å². The Morgan fingerprint density at radius 3 is 2.48 bits per heavy atom. The molecule has 21 heavy (non-hydrogen) atoms. The lowest BCUT2D eigenvalue weighted by atomic mass is 10.0. The average molecular weight is 294 g/mol. The Morgan fingerprint density at radius 1 is 1.10 bits per heavy atom. The fourth-order valence-corrected chi connectivity index (χ4v) is 1.91. The van der Waals surface area contributed by atoms with Crippen LogP contribution in [0.5, 0.6) is 0 Å². The molecule has 6 heteroatoms. The van der Waals surface area contributed by atoms with Gasteiger partial charge in [0.05, 0.1) is 5.56 Å². The summed E-state index contributed by atoms with van der Waals surface area (Å²) >= 11 is 0. The van der Waals surface area contributed by atoms with Crippen LogP contribution in [0.2, 0.25) is 0 Å². The van der Waals surface area contributed by atoms with Crippen molar-refractivity contribution in [1.29, 1.82) is 0 Å². The molecule has 0 aliphatic carbocycles. The number of carbonyl (C=O) groups is 1. The van der Waals surface area contributed by atoms with Gasteiger partial charge in [-0.25, -0.2) is 0 Å². The van der Waals surface area contributed by atoms with E-state index in [4.69, 9.17) is 0 Å². The van der Waals surface area contributed by atoms with Crippen LogP contribution < -0.4 is 5.32 Å². The summed E-state index contributed by atoms with van der Waals surface area (Å²) in [7, 11) is 0. The molecule has 0 aliphatic rings. The maximum atomic E-state index is 12.8. The molecule has 0 bridgehead atoms. The van der Waals surface area contributed by atoms with Gasteiger partial charge in [-0.3, -0.25) is 9.78 Å². The van der Waals surface area contributed by atoms with Gasteiger partial charge in [0.15, 0.2) is 0 Å². The van der Waals surface area contributed by atoms with E-state index >= 15 is 0 Å². The highest BCUT2D eigenvalue weighted by Gasteiger charge is 2.32. The van der Waals surface area contributed by atoms with Crippen molar-refractivity contribution in [2.45, 2.75) is 12.6 Å². The Morgan fingerprint density at radius 2 is 1.81 bits per heavy atom. The van der Waals surface area contributed by atoms with Crippen molar-refractivity contribution >= 4 is 5.91 Å². The van der Waals surface area contributed by atoms with E-state index in [0.29, 0.717) is 0 Å². The lowest BCUT2D eigenvalue weighted by Crippen LogP contribution is -2.27. The van der Waals surface area contributed by atoms with Crippen LogP contribution in [0.4, 0.5) is 13.2 Å². The third-order valence-corrected chi connectivity index (χ3v) is 2.90. The summed E-state index contributed by atoms with van der Waals surface area (Å²) in [5.74, 6) is -0.403. The number of benzene rings is 1. The molecule has 1 amide bonds. The van der Waals surface area contributed by atoms with Crippen molar-refractivity contribution in [3.63, 3.8) is 0 Å². The second kappa shape index (κ2) is 6.39. The van der Waals surface area contributed by atoms with E-state index in [1.54, 1.807) is 24.3 Å². The minimum atomic E-state index is -4.39. The van der Waals surface area contributed by atoms with E-state index < -0.39 is 17.6 Å². The zero-order valence-corrected chi connectivity index (χ0v) is 11.0. The number of alkyl halides is 3. The van der Waals surface area contributed by atoms with Crippen LogP contribution in [-0.2, 0) is 12.6 Å². The zero-order valence-electron chi connectivity index (χ0n) is 11.0. The van der Waals surface area contributed by atoms with Crippen LogP contribution >= 0.6 is 0 Å². The van der Waals surface area contributed by atoms with Gasteiger partial charge in [0, 0.05) is 12.7 Å². The first kappa shape index (κ1) is 15.0. The van der Waals surface area contributed by atoms with Crippen LogP contribution in [0, 0.1) is 0 Å². The number of rotatable bonds is 4. The van der Waals surface area contributed by atoms with Crippen molar-refractivity contribution in [1.82, 2.24) is 10.3 Å². The third-order valence-electron chi connectivity index (χ3n) is 2.90. The second-order valence-corrected chi connectivity index (χ2v) is 4.38. The van der Waals surface area contributed by atoms with Crippen LogP contribution in [0.3, 0.4) is 0 Å². The van der Waals surface area contributed by atoms with E-state index in [2.05, 4.69) is 10.3 Å². The highest BCUT2D eigenvalue weighted by molar-refractivity contribution is 5.92. The molecule has 0 radical (unpaired) electrons. The molecule has 0 spiro atoms. The molecule has 1 heterocycles. The molecule has 0 atom stereocenters. The lowest BCUT2D eigenvalue weighted by molar-refractivity contribution is -0.138. The fraction of sp³-hybridized carbons (Fsp3) is 0.200. The maximum absolute atomic E-state index is 12.8. The van der Waals surface area contributed by atoms with Crippen LogP contribution in [-0.4, -0.2) is 17.4 Å². The van der Waals surface area contributed by atoms with Crippen molar-refractivity contribution in [3.8, 4) is 0 Å². The molecule has 2 rings (SSSR count). The van der Waals surface area contributed by atoms with E-state index in [9.17, 15) is 18.0 Å². The van der Waals surface area contributed by atoms with Gasteiger partial charge in [0.25, 0.3) is 5.91 Å². The largest absolute Gasteiger partial charge is 0.416 e. The van der Waals surface area contributed by atoms with Crippen LogP contribution in [0.25, 0.3) is 0 Å². The Bertz CT molecular complexity index is 612. The number of hydrogen-bond acceptors (Lipinski definition) is 2. The first-order valence-electron chi connectivity index (χ1n) is 6.33. The predicted octanol–water partition coefficient (Wildman–Crippen LogP) is 3.07. The summed E-state index contributed by atoms with van der Waals surface area (Å²) in [6.07, 6.45) is -2.80. The highest BCUT2D eigenvalue weighted by atomic mass is 19.4. The molecular formula is C15H13F3N2O. The average Bonchev–Trinajstić information content (AvgIpc) is 2.47. The summed E-state index contributed by atoms with van der Waals surface area (Å²) in [6.45, 7) is 0.114. The number of nitrogens with one attached hydrogen (secondary N) is 1. The van der Waals surface area contributed by atoms with Gasteiger partial charge in [0.1, 0.15) is 5.69 Å². The monoisotopic (exact) mass is 294 g/mol. The molecule has 2 aromatic rings. The van der Waals surface area contributed by atoms with E-state index in [1.165, 1.54) is 18.3 Å². The first-order chi connectivity index (χ1) is 9.98. The quantitative estimate of drug-likeness (QED) is 0.941. The number of amides is 1. The number of aromatic nitrogens is 1. The van der Waals surface area contributed by atoms with E-state index in [-0.39, 0.29) is 24.2 Å². The molecule has 1 N–H and O–H groups in total. The Hall–Kier alpha value is -2.37. The SMILES string of the molecule is O=C(NCCc1ccccc1C(F)(F)F)c1ccccn1. The van der Waals surface area contributed by atoms with Gasteiger partial charge in [-0.2, -0.15) is 13.2 Å². The van der Waals surface area contributed by atoms with Crippen molar-refractivity contribution in [2.24, 2.45) is 0 Å². The summed E-state index contributed by atoms with van der Waals surface area (Å²) in [4.78, 5) is 15.6. The maximum Gasteiger partial charge on any atom is 0.416 e. The summed E-state index contributed by atoms with van der Waals surface area (Å²) in [6, 6.07) is 10.2. The van der Waals surface area contributed by atoms with Crippen LogP contribution in [0.1, 0.15) is 21.6 Å². The smallest absolute Gasteiger partial charge is 0.350 e. The summed E-state index contributed by atoms with van der Waals surface area (Å²) in [5.41, 5.74) is -0.273.